The minimum atomic E-state index is 0.564. The number of nitrogens with zero attached hydrogens (tertiary/aromatic N) is 1. The minimum absolute atomic E-state index is 0.564. The minimum Gasteiger partial charge on any atom is -0.497 e. The summed E-state index contributed by atoms with van der Waals surface area (Å²) in [5.41, 5.74) is 3.66. The summed E-state index contributed by atoms with van der Waals surface area (Å²) in [4.78, 5) is 2.79. The zero-order valence-corrected chi connectivity index (χ0v) is 19.1. The van der Waals surface area contributed by atoms with E-state index in [1.165, 1.54) is 87.8 Å². The predicted octanol–water partition coefficient (Wildman–Crippen LogP) is 6.30. The van der Waals surface area contributed by atoms with Crippen LogP contribution < -0.4 is 15.4 Å². The number of piperidine rings is 1. The van der Waals surface area contributed by atoms with E-state index in [1.807, 2.05) is 12.1 Å². The molecule has 4 rings (SSSR count). The number of ether oxygens (including phenoxy) is 1. The SMILES string of the molecule is COc1ccc(CNc2ccccc2NC2CCN(C3CCCCCCC3)CC2)cc1. The van der Waals surface area contributed by atoms with Gasteiger partial charge in [-0.1, -0.05) is 56.4 Å². The quantitative estimate of drug-likeness (QED) is 0.550. The second-order valence-corrected chi connectivity index (χ2v) is 9.20. The molecule has 2 N–H and O–H groups in total. The number of nitrogens with one attached hydrogen (secondary N) is 2. The first-order valence-corrected chi connectivity index (χ1v) is 12.3. The van der Waals surface area contributed by atoms with E-state index in [1.54, 1.807) is 7.11 Å². The summed E-state index contributed by atoms with van der Waals surface area (Å²) in [5, 5.41) is 7.46. The van der Waals surface area contributed by atoms with Crippen LogP contribution in [0.5, 0.6) is 5.75 Å². The van der Waals surface area contributed by atoms with Crippen LogP contribution in [-0.2, 0) is 6.54 Å². The van der Waals surface area contributed by atoms with Gasteiger partial charge in [-0.05, 0) is 55.5 Å². The van der Waals surface area contributed by atoms with Crippen molar-refractivity contribution in [3.05, 3.63) is 54.1 Å². The Hall–Kier alpha value is -2.20. The second kappa shape index (κ2) is 11.4. The average Bonchev–Trinajstić information content (AvgIpc) is 2.79. The third kappa shape index (κ3) is 6.39. The van der Waals surface area contributed by atoms with E-state index in [9.17, 15) is 0 Å². The number of para-hydroxylation sites is 2. The smallest absolute Gasteiger partial charge is 0.118 e. The molecular weight excluding hydrogens is 382 g/mol. The number of benzene rings is 2. The van der Waals surface area contributed by atoms with Crippen LogP contribution in [0.4, 0.5) is 11.4 Å². The Balaban J connectivity index is 1.28. The maximum Gasteiger partial charge on any atom is 0.118 e. The van der Waals surface area contributed by atoms with Gasteiger partial charge < -0.3 is 20.3 Å². The summed E-state index contributed by atoms with van der Waals surface area (Å²) in [6, 6.07) is 18.3. The maximum absolute atomic E-state index is 5.26. The molecule has 168 valence electrons. The second-order valence-electron chi connectivity index (χ2n) is 9.20. The lowest BCUT2D eigenvalue weighted by atomic mass is 9.93. The molecule has 1 saturated heterocycles. The molecule has 0 aromatic heterocycles. The highest BCUT2D eigenvalue weighted by molar-refractivity contribution is 5.69. The average molecular weight is 422 g/mol. The van der Waals surface area contributed by atoms with Gasteiger partial charge in [0.15, 0.2) is 0 Å². The number of rotatable bonds is 7. The van der Waals surface area contributed by atoms with E-state index in [0.29, 0.717) is 6.04 Å². The van der Waals surface area contributed by atoms with Gasteiger partial charge in [-0.2, -0.15) is 0 Å². The van der Waals surface area contributed by atoms with Gasteiger partial charge >= 0.3 is 0 Å². The zero-order valence-electron chi connectivity index (χ0n) is 19.1. The molecule has 0 unspecified atom stereocenters. The highest BCUT2D eigenvalue weighted by Crippen LogP contribution is 2.28. The first-order valence-electron chi connectivity index (χ1n) is 12.3. The number of hydrogen-bond donors (Lipinski definition) is 2. The fourth-order valence-corrected chi connectivity index (χ4v) is 5.13. The van der Waals surface area contributed by atoms with E-state index in [-0.39, 0.29) is 0 Å². The predicted molar refractivity (Wildman–Crippen MR) is 131 cm³/mol. The molecule has 0 spiro atoms. The van der Waals surface area contributed by atoms with Crippen LogP contribution in [0.25, 0.3) is 0 Å². The van der Waals surface area contributed by atoms with Crippen molar-refractivity contribution in [2.45, 2.75) is 76.4 Å². The monoisotopic (exact) mass is 421 g/mol. The lowest BCUT2D eigenvalue weighted by Crippen LogP contribution is -2.44. The zero-order chi connectivity index (χ0) is 21.3. The van der Waals surface area contributed by atoms with Crippen molar-refractivity contribution in [1.82, 2.24) is 4.90 Å². The third-order valence-electron chi connectivity index (χ3n) is 7.05. The number of hydrogen-bond acceptors (Lipinski definition) is 4. The van der Waals surface area contributed by atoms with Crippen LogP contribution in [0.3, 0.4) is 0 Å². The number of anilines is 2. The van der Waals surface area contributed by atoms with Crippen molar-refractivity contribution < 1.29 is 4.74 Å². The molecule has 1 aliphatic heterocycles. The molecule has 0 atom stereocenters. The Labute approximate surface area is 188 Å². The van der Waals surface area contributed by atoms with E-state index < -0.39 is 0 Å². The molecule has 1 heterocycles. The van der Waals surface area contributed by atoms with Crippen LogP contribution in [0.15, 0.2) is 48.5 Å². The summed E-state index contributed by atoms with van der Waals surface area (Å²) >= 11 is 0. The van der Waals surface area contributed by atoms with Crippen molar-refractivity contribution in [1.29, 1.82) is 0 Å². The molecule has 2 aliphatic rings. The van der Waals surface area contributed by atoms with Gasteiger partial charge in [0.05, 0.1) is 18.5 Å². The van der Waals surface area contributed by atoms with Crippen LogP contribution >= 0.6 is 0 Å². The van der Waals surface area contributed by atoms with Crippen molar-refractivity contribution in [3.63, 3.8) is 0 Å². The van der Waals surface area contributed by atoms with Gasteiger partial charge in [-0.3, -0.25) is 0 Å². The highest BCUT2D eigenvalue weighted by Gasteiger charge is 2.25. The largest absolute Gasteiger partial charge is 0.497 e. The van der Waals surface area contributed by atoms with Crippen LogP contribution in [0, 0.1) is 0 Å². The number of methoxy groups -OCH3 is 1. The molecule has 0 bridgehead atoms. The standard InChI is InChI=1S/C27H39N3O/c1-31-25-15-13-22(14-16-25)21-28-26-11-7-8-12-27(26)29-23-17-19-30(20-18-23)24-9-5-3-2-4-6-10-24/h7-8,11-16,23-24,28-29H,2-6,9-10,17-21H2,1H3. The lowest BCUT2D eigenvalue weighted by Gasteiger charge is -2.39. The first-order chi connectivity index (χ1) is 15.3. The Morgan fingerprint density at radius 3 is 2.13 bits per heavy atom. The summed E-state index contributed by atoms with van der Waals surface area (Å²) in [7, 11) is 1.71. The van der Waals surface area contributed by atoms with Crippen LogP contribution in [-0.4, -0.2) is 37.2 Å². The van der Waals surface area contributed by atoms with Gasteiger partial charge in [0.1, 0.15) is 5.75 Å². The van der Waals surface area contributed by atoms with E-state index in [4.69, 9.17) is 4.74 Å². The van der Waals surface area contributed by atoms with Gasteiger partial charge in [0.2, 0.25) is 0 Å². The molecule has 2 aromatic carbocycles. The van der Waals surface area contributed by atoms with Crippen molar-refractivity contribution >= 4 is 11.4 Å². The normalized spacial score (nSPS) is 19.4. The Morgan fingerprint density at radius 1 is 0.806 bits per heavy atom. The summed E-state index contributed by atoms with van der Waals surface area (Å²) < 4.78 is 5.26. The van der Waals surface area contributed by atoms with Crippen LogP contribution in [0.1, 0.15) is 63.4 Å². The molecule has 4 heteroatoms. The topological polar surface area (TPSA) is 36.5 Å². The summed E-state index contributed by atoms with van der Waals surface area (Å²) in [6.45, 7) is 3.29. The molecule has 1 aliphatic carbocycles. The molecule has 31 heavy (non-hydrogen) atoms. The van der Waals surface area contributed by atoms with E-state index >= 15 is 0 Å². The highest BCUT2D eigenvalue weighted by atomic mass is 16.5. The van der Waals surface area contributed by atoms with Crippen molar-refractivity contribution in [3.8, 4) is 5.75 Å². The molecule has 1 saturated carbocycles. The molecule has 2 aromatic rings. The molecule has 4 nitrogen and oxygen atoms in total. The lowest BCUT2D eigenvalue weighted by molar-refractivity contribution is 0.133. The molecule has 0 amide bonds. The third-order valence-corrected chi connectivity index (χ3v) is 7.05. The Bertz CT molecular complexity index is 775. The van der Waals surface area contributed by atoms with Gasteiger partial charge in [-0.15, -0.1) is 0 Å². The van der Waals surface area contributed by atoms with Crippen molar-refractivity contribution in [2.75, 3.05) is 30.8 Å². The fourth-order valence-electron chi connectivity index (χ4n) is 5.13. The van der Waals surface area contributed by atoms with Crippen LogP contribution in [0.2, 0.25) is 0 Å². The Kier molecular flexibility index (Phi) is 8.11. The van der Waals surface area contributed by atoms with Gasteiger partial charge in [0, 0.05) is 31.7 Å². The molecule has 0 radical (unpaired) electrons. The number of likely N-dealkylation sites (tertiary alicyclic amines) is 1. The molecular formula is C27H39N3O. The Morgan fingerprint density at radius 2 is 1.45 bits per heavy atom. The summed E-state index contributed by atoms with van der Waals surface area (Å²) in [6.07, 6.45) is 12.5. The van der Waals surface area contributed by atoms with Crippen molar-refractivity contribution in [2.24, 2.45) is 0 Å². The van der Waals surface area contributed by atoms with E-state index in [2.05, 4.69) is 51.9 Å². The van der Waals surface area contributed by atoms with Gasteiger partial charge in [-0.25, -0.2) is 0 Å². The maximum atomic E-state index is 5.26. The summed E-state index contributed by atoms with van der Waals surface area (Å²) in [5.74, 6) is 0.900. The fraction of sp³-hybridized carbons (Fsp3) is 0.556. The molecule has 2 fully saturated rings. The van der Waals surface area contributed by atoms with Gasteiger partial charge in [0.25, 0.3) is 0 Å². The van der Waals surface area contributed by atoms with E-state index in [0.717, 1.165) is 18.3 Å². The first kappa shape index (κ1) is 22.0.